The Labute approximate surface area is 125 Å². The van der Waals surface area contributed by atoms with Gasteiger partial charge in [-0.25, -0.2) is 4.39 Å². The van der Waals surface area contributed by atoms with E-state index >= 15 is 0 Å². The Bertz CT molecular complexity index is 599. The van der Waals surface area contributed by atoms with E-state index in [4.69, 9.17) is 35.4 Å². The van der Waals surface area contributed by atoms with Crippen LogP contribution >= 0.6 is 35.4 Å². The van der Waals surface area contributed by atoms with Crippen LogP contribution in [0.4, 0.5) is 15.8 Å². The van der Waals surface area contributed by atoms with Crippen LogP contribution in [-0.4, -0.2) is 5.11 Å². The lowest BCUT2D eigenvalue weighted by molar-refractivity contribution is 0.628. The van der Waals surface area contributed by atoms with Gasteiger partial charge in [0.1, 0.15) is 5.82 Å². The first-order chi connectivity index (χ1) is 9.02. The van der Waals surface area contributed by atoms with E-state index in [9.17, 15) is 4.39 Å². The third-order valence-corrected chi connectivity index (χ3v) is 2.84. The molecule has 2 aromatic carbocycles. The molecule has 0 atom stereocenters. The van der Waals surface area contributed by atoms with Crippen molar-refractivity contribution in [2.75, 3.05) is 10.6 Å². The highest BCUT2D eigenvalue weighted by Crippen LogP contribution is 2.22. The van der Waals surface area contributed by atoms with Crippen LogP contribution in [0.1, 0.15) is 0 Å². The number of nitrogens with one attached hydrogen (secondary N) is 2. The molecule has 0 fully saturated rings. The van der Waals surface area contributed by atoms with Gasteiger partial charge in [0.15, 0.2) is 5.11 Å². The van der Waals surface area contributed by atoms with E-state index < -0.39 is 0 Å². The largest absolute Gasteiger partial charge is 0.332 e. The summed E-state index contributed by atoms with van der Waals surface area (Å²) in [6.45, 7) is 0. The highest BCUT2D eigenvalue weighted by molar-refractivity contribution is 7.80. The number of benzene rings is 2. The molecule has 2 aromatic rings. The summed E-state index contributed by atoms with van der Waals surface area (Å²) in [4.78, 5) is 0. The predicted molar refractivity (Wildman–Crippen MR) is 82.7 cm³/mol. The summed E-state index contributed by atoms with van der Waals surface area (Å²) in [5.41, 5.74) is 1.22. The predicted octanol–water partition coefficient (Wildman–Crippen LogP) is 4.94. The fraction of sp³-hybridized carbons (Fsp3) is 0. The highest BCUT2D eigenvalue weighted by Gasteiger charge is 2.02. The number of hydrogen-bond acceptors (Lipinski definition) is 1. The molecular formula is C13H9Cl2FN2S. The van der Waals surface area contributed by atoms with Crippen molar-refractivity contribution in [3.8, 4) is 0 Å². The maximum atomic E-state index is 13.0. The molecule has 0 aliphatic heterocycles. The smallest absolute Gasteiger partial charge is 0.175 e. The Balaban J connectivity index is 2.05. The fourth-order valence-electron chi connectivity index (χ4n) is 1.49. The molecule has 0 saturated carbocycles. The van der Waals surface area contributed by atoms with E-state index in [2.05, 4.69) is 10.6 Å². The first-order valence-corrected chi connectivity index (χ1v) is 6.49. The number of thiocarbonyl (C=S) groups is 1. The van der Waals surface area contributed by atoms with Crippen molar-refractivity contribution in [1.82, 2.24) is 0 Å². The molecule has 0 bridgehead atoms. The summed E-state index contributed by atoms with van der Waals surface area (Å²) in [5, 5.41) is 7.11. The van der Waals surface area contributed by atoms with Gasteiger partial charge in [-0.15, -0.1) is 0 Å². The quantitative estimate of drug-likeness (QED) is 0.768. The van der Waals surface area contributed by atoms with Crippen LogP contribution in [-0.2, 0) is 0 Å². The molecule has 0 spiro atoms. The lowest BCUT2D eigenvalue weighted by Gasteiger charge is -2.11. The Morgan fingerprint density at radius 2 is 1.58 bits per heavy atom. The molecule has 0 unspecified atom stereocenters. The van der Waals surface area contributed by atoms with E-state index in [1.807, 2.05) is 0 Å². The minimum Gasteiger partial charge on any atom is -0.332 e. The van der Waals surface area contributed by atoms with E-state index in [0.717, 1.165) is 0 Å². The van der Waals surface area contributed by atoms with Crippen molar-refractivity contribution in [2.45, 2.75) is 0 Å². The van der Waals surface area contributed by atoms with Gasteiger partial charge in [0.2, 0.25) is 0 Å². The molecule has 0 saturated heterocycles. The van der Waals surface area contributed by atoms with Gasteiger partial charge in [-0.2, -0.15) is 0 Å². The molecule has 98 valence electrons. The monoisotopic (exact) mass is 314 g/mol. The molecule has 0 radical (unpaired) electrons. The van der Waals surface area contributed by atoms with Crippen molar-refractivity contribution >= 4 is 51.9 Å². The van der Waals surface area contributed by atoms with Gasteiger partial charge < -0.3 is 10.6 Å². The summed E-state index contributed by atoms with van der Waals surface area (Å²) in [6.07, 6.45) is 0. The highest BCUT2D eigenvalue weighted by atomic mass is 35.5. The Hall–Kier alpha value is -1.36. The Morgan fingerprint density at radius 1 is 0.947 bits per heavy atom. The zero-order valence-electron chi connectivity index (χ0n) is 9.58. The molecule has 0 aromatic heterocycles. The molecule has 0 aliphatic carbocycles. The number of hydrogen-bond donors (Lipinski definition) is 2. The van der Waals surface area contributed by atoms with Crippen LogP contribution in [0, 0.1) is 5.82 Å². The summed E-state index contributed by atoms with van der Waals surface area (Å²) in [7, 11) is 0. The van der Waals surface area contributed by atoms with Gasteiger partial charge in [-0.3, -0.25) is 0 Å². The summed E-state index contributed by atoms with van der Waals surface area (Å²) < 4.78 is 13.0. The summed E-state index contributed by atoms with van der Waals surface area (Å²) in [5.74, 6) is -0.335. The third-order valence-electron chi connectivity index (χ3n) is 2.20. The average Bonchev–Trinajstić information content (AvgIpc) is 2.26. The molecule has 2 N–H and O–H groups in total. The molecule has 0 heterocycles. The SMILES string of the molecule is Fc1cccc(NC(=S)Nc2cc(Cl)cc(Cl)c2)c1. The maximum absolute atomic E-state index is 13.0. The fourth-order valence-corrected chi connectivity index (χ4v) is 2.25. The lowest BCUT2D eigenvalue weighted by Crippen LogP contribution is -2.19. The van der Waals surface area contributed by atoms with Crippen LogP contribution in [0.3, 0.4) is 0 Å². The van der Waals surface area contributed by atoms with E-state index in [1.165, 1.54) is 12.1 Å². The maximum Gasteiger partial charge on any atom is 0.175 e. The molecule has 6 heteroatoms. The zero-order valence-corrected chi connectivity index (χ0v) is 11.9. The molecule has 19 heavy (non-hydrogen) atoms. The van der Waals surface area contributed by atoms with Gasteiger partial charge in [0.05, 0.1) is 0 Å². The van der Waals surface area contributed by atoms with Crippen LogP contribution in [0.15, 0.2) is 42.5 Å². The van der Waals surface area contributed by atoms with Crippen LogP contribution in [0.2, 0.25) is 10.0 Å². The van der Waals surface area contributed by atoms with Crippen LogP contribution < -0.4 is 10.6 Å². The van der Waals surface area contributed by atoms with Crippen molar-refractivity contribution in [3.63, 3.8) is 0 Å². The van der Waals surface area contributed by atoms with Crippen molar-refractivity contribution < 1.29 is 4.39 Å². The summed E-state index contributed by atoms with van der Waals surface area (Å²) in [6, 6.07) is 11.0. The van der Waals surface area contributed by atoms with E-state index in [0.29, 0.717) is 26.5 Å². The molecule has 2 rings (SSSR count). The Kier molecular flexibility index (Phi) is 4.58. The normalized spacial score (nSPS) is 10.1. The molecule has 2 nitrogen and oxygen atoms in total. The zero-order chi connectivity index (χ0) is 13.8. The van der Waals surface area contributed by atoms with Crippen molar-refractivity contribution in [1.29, 1.82) is 0 Å². The number of halogens is 3. The minimum absolute atomic E-state index is 0.323. The second kappa shape index (κ2) is 6.19. The minimum atomic E-state index is -0.335. The van der Waals surface area contributed by atoms with Crippen LogP contribution in [0.25, 0.3) is 0 Å². The number of anilines is 2. The van der Waals surface area contributed by atoms with Gasteiger partial charge in [0.25, 0.3) is 0 Å². The molecule has 0 amide bonds. The molecule has 0 aliphatic rings. The summed E-state index contributed by atoms with van der Waals surface area (Å²) >= 11 is 16.9. The van der Waals surface area contributed by atoms with Gasteiger partial charge in [-0.05, 0) is 48.6 Å². The van der Waals surface area contributed by atoms with Gasteiger partial charge in [-0.1, -0.05) is 29.3 Å². The first-order valence-electron chi connectivity index (χ1n) is 5.32. The lowest BCUT2D eigenvalue weighted by atomic mass is 10.3. The second-order valence-corrected chi connectivity index (χ2v) is 5.03. The topological polar surface area (TPSA) is 24.1 Å². The van der Waals surface area contributed by atoms with Gasteiger partial charge >= 0.3 is 0 Å². The Morgan fingerprint density at radius 3 is 2.21 bits per heavy atom. The molecular weight excluding hydrogens is 306 g/mol. The van der Waals surface area contributed by atoms with Crippen molar-refractivity contribution in [2.24, 2.45) is 0 Å². The first kappa shape index (κ1) is 14.1. The third kappa shape index (κ3) is 4.35. The average molecular weight is 315 g/mol. The standard InChI is InChI=1S/C13H9Cl2FN2S/c14-8-4-9(15)6-12(5-8)18-13(19)17-11-3-1-2-10(16)7-11/h1-7H,(H2,17,18,19). The number of rotatable bonds is 2. The van der Waals surface area contributed by atoms with E-state index in [1.54, 1.807) is 30.3 Å². The van der Waals surface area contributed by atoms with Gasteiger partial charge in [0, 0.05) is 21.4 Å². The second-order valence-electron chi connectivity index (χ2n) is 3.75. The van der Waals surface area contributed by atoms with Crippen molar-refractivity contribution in [3.05, 3.63) is 58.3 Å². The van der Waals surface area contributed by atoms with Crippen LogP contribution in [0.5, 0.6) is 0 Å². The van der Waals surface area contributed by atoms with E-state index in [-0.39, 0.29) is 5.82 Å².